The van der Waals surface area contributed by atoms with Crippen LogP contribution in [0.1, 0.15) is 65.0 Å². The number of amides is 1. The van der Waals surface area contributed by atoms with Gasteiger partial charge in [0.2, 0.25) is 0 Å². The van der Waals surface area contributed by atoms with Crippen molar-refractivity contribution in [2.45, 2.75) is 65.4 Å². The average molecular weight is 441 g/mol. The Hall–Kier alpha value is -3.02. The summed E-state index contributed by atoms with van der Waals surface area (Å²) in [5.74, 6) is 1.64. The molecular formula is C26H36N2O4. The quantitative estimate of drug-likeness (QED) is 0.285. The molecule has 0 radical (unpaired) electrons. The Kier molecular flexibility index (Phi) is 9.57. The normalized spacial score (nSPS) is 12.4. The predicted molar refractivity (Wildman–Crippen MR) is 129 cm³/mol. The molecule has 32 heavy (non-hydrogen) atoms. The van der Waals surface area contributed by atoms with E-state index in [1.165, 1.54) is 5.56 Å². The number of hydrogen-bond acceptors (Lipinski definition) is 5. The van der Waals surface area contributed by atoms with Gasteiger partial charge in [-0.25, -0.2) is 5.43 Å². The predicted octanol–water partition coefficient (Wildman–Crippen LogP) is 5.48. The molecule has 1 atom stereocenters. The minimum absolute atomic E-state index is 0.0678. The summed E-state index contributed by atoms with van der Waals surface area (Å²) in [4.78, 5) is 12.3. The van der Waals surface area contributed by atoms with Crippen molar-refractivity contribution in [3.8, 4) is 17.2 Å². The number of hydrogen-bond donors (Lipinski definition) is 1. The van der Waals surface area contributed by atoms with Gasteiger partial charge in [0.1, 0.15) is 5.75 Å². The van der Waals surface area contributed by atoms with Gasteiger partial charge in [0.25, 0.3) is 5.91 Å². The lowest BCUT2D eigenvalue weighted by Crippen LogP contribution is -2.33. The molecule has 0 spiro atoms. The first-order valence-corrected chi connectivity index (χ1v) is 11.2. The van der Waals surface area contributed by atoms with Gasteiger partial charge >= 0.3 is 0 Å². The van der Waals surface area contributed by atoms with Crippen LogP contribution in [0.3, 0.4) is 0 Å². The minimum atomic E-state index is -0.680. The van der Waals surface area contributed by atoms with Gasteiger partial charge in [-0.3, -0.25) is 4.79 Å². The van der Waals surface area contributed by atoms with Gasteiger partial charge < -0.3 is 14.2 Å². The third-order valence-electron chi connectivity index (χ3n) is 4.98. The van der Waals surface area contributed by atoms with Crippen molar-refractivity contribution in [1.82, 2.24) is 5.43 Å². The standard InChI is InChI=1S/C26H36N2O4/c1-7-8-9-16-31-23-15-10-20(17-24(23)30-6)18-27-28-25(29)19(2)32-22-13-11-21(12-14-22)26(3,4)5/h10-15,17-19H,7-9,16H2,1-6H3,(H,28,29)/b27-18+. The molecule has 1 unspecified atom stereocenters. The number of methoxy groups -OCH3 is 1. The first kappa shape index (κ1) is 25.2. The van der Waals surface area contributed by atoms with Crippen LogP contribution in [0.4, 0.5) is 0 Å². The summed E-state index contributed by atoms with van der Waals surface area (Å²) in [6.45, 7) is 11.0. The fourth-order valence-electron chi connectivity index (χ4n) is 2.97. The summed E-state index contributed by atoms with van der Waals surface area (Å²) in [5.41, 5.74) is 4.58. The number of ether oxygens (including phenoxy) is 3. The Bertz CT molecular complexity index is 886. The molecule has 0 saturated heterocycles. The number of rotatable bonds is 11. The Morgan fingerprint density at radius 2 is 1.81 bits per heavy atom. The maximum absolute atomic E-state index is 12.3. The minimum Gasteiger partial charge on any atom is -0.493 e. The second-order valence-electron chi connectivity index (χ2n) is 8.73. The molecule has 0 aliphatic rings. The molecule has 0 bridgehead atoms. The molecular weight excluding hydrogens is 404 g/mol. The van der Waals surface area contributed by atoms with Gasteiger partial charge in [0.15, 0.2) is 17.6 Å². The molecule has 1 N–H and O–H groups in total. The van der Waals surface area contributed by atoms with Crippen LogP contribution in [0, 0.1) is 0 Å². The molecule has 0 aromatic heterocycles. The van der Waals surface area contributed by atoms with E-state index in [1.807, 2.05) is 42.5 Å². The maximum atomic E-state index is 12.3. The Labute approximate surface area is 192 Å². The Morgan fingerprint density at radius 1 is 1.09 bits per heavy atom. The first-order valence-electron chi connectivity index (χ1n) is 11.2. The summed E-state index contributed by atoms with van der Waals surface area (Å²) in [5, 5.41) is 4.04. The zero-order valence-corrected chi connectivity index (χ0v) is 20.1. The van der Waals surface area contributed by atoms with Gasteiger partial charge in [0.05, 0.1) is 19.9 Å². The molecule has 2 aromatic carbocycles. The third kappa shape index (κ3) is 7.91. The average Bonchev–Trinajstić information content (AvgIpc) is 2.76. The monoisotopic (exact) mass is 440 g/mol. The molecule has 0 saturated carbocycles. The van der Waals surface area contributed by atoms with Crippen LogP contribution in [-0.4, -0.2) is 31.9 Å². The van der Waals surface area contributed by atoms with Gasteiger partial charge in [-0.15, -0.1) is 0 Å². The van der Waals surface area contributed by atoms with Crippen LogP contribution in [0.5, 0.6) is 17.2 Å². The topological polar surface area (TPSA) is 69.2 Å². The number of nitrogens with one attached hydrogen (secondary N) is 1. The van der Waals surface area contributed by atoms with Crippen molar-refractivity contribution in [1.29, 1.82) is 0 Å². The van der Waals surface area contributed by atoms with E-state index in [0.29, 0.717) is 23.9 Å². The zero-order valence-electron chi connectivity index (χ0n) is 20.1. The van der Waals surface area contributed by atoms with Crippen molar-refractivity contribution in [3.05, 3.63) is 53.6 Å². The Balaban J connectivity index is 1.89. The SMILES string of the molecule is CCCCCOc1ccc(/C=N/NC(=O)C(C)Oc2ccc(C(C)(C)C)cc2)cc1OC. The smallest absolute Gasteiger partial charge is 0.280 e. The van der Waals surface area contributed by atoms with Crippen molar-refractivity contribution in [2.75, 3.05) is 13.7 Å². The lowest BCUT2D eigenvalue weighted by molar-refractivity contribution is -0.127. The number of nitrogens with zero attached hydrogens (tertiary/aromatic N) is 1. The molecule has 0 heterocycles. The summed E-state index contributed by atoms with van der Waals surface area (Å²) < 4.78 is 16.9. The highest BCUT2D eigenvalue weighted by Crippen LogP contribution is 2.28. The van der Waals surface area contributed by atoms with E-state index in [-0.39, 0.29) is 11.3 Å². The first-order chi connectivity index (χ1) is 15.2. The van der Waals surface area contributed by atoms with E-state index in [1.54, 1.807) is 20.2 Å². The van der Waals surface area contributed by atoms with E-state index in [4.69, 9.17) is 14.2 Å². The largest absolute Gasteiger partial charge is 0.493 e. The molecule has 2 aromatic rings. The summed E-state index contributed by atoms with van der Waals surface area (Å²) in [6.07, 6.45) is 4.18. The molecule has 2 rings (SSSR count). The molecule has 6 nitrogen and oxygen atoms in total. The molecule has 0 aliphatic carbocycles. The summed E-state index contributed by atoms with van der Waals surface area (Å²) in [7, 11) is 1.60. The van der Waals surface area contributed by atoms with E-state index < -0.39 is 6.10 Å². The molecule has 174 valence electrons. The van der Waals surface area contributed by atoms with Crippen LogP contribution in [-0.2, 0) is 10.2 Å². The van der Waals surface area contributed by atoms with E-state index in [9.17, 15) is 4.79 Å². The lowest BCUT2D eigenvalue weighted by Gasteiger charge is -2.20. The van der Waals surface area contributed by atoms with E-state index in [0.717, 1.165) is 24.8 Å². The van der Waals surface area contributed by atoms with Crippen LogP contribution in [0.2, 0.25) is 0 Å². The van der Waals surface area contributed by atoms with Crippen LogP contribution >= 0.6 is 0 Å². The van der Waals surface area contributed by atoms with Gasteiger partial charge in [-0.1, -0.05) is 52.7 Å². The fraction of sp³-hybridized carbons (Fsp3) is 0.462. The van der Waals surface area contributed by atoms with Crippen LogP contribution in [0.25, 0.3) is 0 Å². The highest BCUT2D eigenvalue weighted by molar-refractivity contribution is 5.84. The highest BCUT2D eigenvalue weighted by atomic mass is 16.5. The molecule has 0 aliphatic heterocycles. The van der Waals surface area contributed by atoms with Crippen molar-refractivity contribution < 1.29 is 19.0 Å². The second-order valence-corrected chi connectivity index (χ2v) is 8.73. The third-order valence-corrected chi connectivity index (χ3v) is 4.98. The number of hydrazone groups is 1. The number of benzene rings is 2. The second kappa shape index (κ2) is 12.1. The maximum Gasteiger partial charge on any atom is 0.280 e. The van der Waals surface area contributed by atoms with Crippen LogP contribution in [0.15, 0.2) is 47.6 Å². The van der Waals surface area contributed by atoms with Crippen molar-refractivity contribution >= 4 is 12.1 Å². The van der Waals surface area contributed by atoms with Crippen molar-refractivity contribution in [2.24, 2.45) is 5.10 Å². The van der Waals surface area contributed by atoms with Crippen LogP contribution < -0.4 is 19.6 Å². The number of carbonyl (C=O) groups excluding carboxylic acids is 1. The molecule has 0 fully saturated rings. The number of unbranched alkanes of at least 4 members (excludes halogenated alkanes) is 2. The van der Waals surface area contributed by atoms with Crippen molar-refractivity contribution in [3.63, 3.8) is 0 Å². The van der Waals surface area contributed by atoms with Gasteiger partial charge in [0, 0.05) is 0 Å². The fourth-order valence-corrected chi connectivity index (χ4v) is 2.97. The Morgan fingerprint density at radius 3 is 2.44 bits per heavy atom. The van der Waals surface area contributed by atoms with Gasteiger partial charge in [-0.05, 0) is 60.2 Å². The summed E-state index contributed by atoms with van der Waals surface area (Å²) in [6, 6.07) is 13.3. The highest BCUT2D eigenvalue weighted by Gasteiger charge is 2.16. The lowest BCUT2D eigenvalue weighted by atomic mass is 9.87. The van der Waals surface area contributed by atoms with E-state index in [2.05, 4.69) is 38.2 Å². The number of carbonyl (C=O) groups is 1. The summed E-state index contributed by atoms with van der Waals surface area (Å²) >= 11 is 0. The van der Waals surface area contributed by atoms with Gasteiger partial charge in [-0.2, -0.15) is 5.10 Å². The zero-order chi connectivity index (χ0) is 23.6. The van der Waals surface area contributed by atoms with E-state index >= 15 is 0 Å². The molecule has 1 amide bonds. The molecule has 6 heteroatoms.